The Morgan fingerprint density at radius 2 is 1.79 bits per heavy atom. The molecule has 0 radical (unpaired) electrons. The van der Waals surface area contributed by atoms with E-state index in [1.165, 1.54) is 29.8 Å². The Kier molecular flexibility index (Phi) is 5.38. The lowest BCUT2D eigenvalue weighted by molar-refractivity contribution is 0.0923. The second-order valence-electron chi connectivity index (χ2n) is 8.50. The summed E-state index contributed by atoms with van der Waals surface area (Å²) in [7, 11) is -3.46. The van der Waals surface area contributed by atoms with Crippen molar-refractivity contribution in [2.75, 3.05) is 10.6 Å². The number of rotatable bonds is 6. The van der Waals surface area contributed by atoms with Gasteiger partial charge in [0.05, 0.1) is 18.5 Å². The van der Waals surface area contributed by atoms with Gasteiger partial charge in [-0.1, -0.05) is 30.7 Å². The first-order valence-electron chi connectivity index (χ1n) is 10.2. The third-order valence-electron chi connectivity index (χ3n) is 6.45. The summed E-state index contributed by atoms with van der Waals surface area (Å²) in [5, 5.41) is 3.18. The molecule has 1 amide bonds. The summed E-state index contributed by atoms with van der Waals surface area (Å²) in [6.07, 6.45) is 6.06. The second kappa shape index (κ2) is 7.82. The average molecular weight is 413 g/mol. The van der Waals surface area contributed by atoms with Crippen LogP contribution in [0, 0.1) is 18.8 Å². The number of hydrogen-bond acceptors (Lipinski definition) is 3. The number of anilines is 1. The van der Waals surface area contributed by atoms with Gasteiger partial charge in [-0.3, -0.25) is 9.10 Å². The van der Waals surface area contributed by atoms with E-state index in [4.69, 9.17) is 0 Å². The normalized spacial score (nSPS) is 23.2. The van der Waals surface area contributed by atoms with E-state index < -0.39 is 10.0 Å². The highest BCUT2D eigenvalue weighted by Gasteiger charge is 2.40. The van der Waals surface area contributed by atoms with Gasteiger partial charge in [-0.25, -0.2) is 8.42 Å². The minimum Gasteiger partial charge on any atom is -0.349 e. The quantitative estimate of drug-likeness (QED) is 0.783. The minimum atomic E-state index is -3.46. The van der Waals surface area contributed by atoms with E-state index in [2.05, 4.69) is 5.32 Å². The highest BCUT2D eigenvalue weighted by atomic mass is 32.2. The van der Waals surface area contributed by atoms with Crippen LogP contribution in [0.5, 0.6) is 0 Å². The van der Waals surface area contributed by atoms with Gasteiger partial charge in [0.2, 0.25) is 10.0 Å². The van der Waals surface area contributed by atoms with Crippen molar-refractivity contribution in [2.45, 2.75) is 45.2 Å². The lowest BCUT2D eigenvalue weighted by atomic mass is 9.95. The van der Waals surface area contributed by atoms with E-state index in [9.17, 15) is 13.2 Å². The largest absolute Gasteiger partial charge is 0.349 e. The number of sulfonamides is 1. The topological polar surface area (TPSA) is 66.5 Å². The van der Waals surface area contributed by atoms with Gasteiger partial charge in [0.1, 0.15) is 0 Å². The number of aryl methyl sites for hydroxylation is 1. The molecule has 154 valence electrons. The van der Waals surface area contributed by atoms with Crippen molar-refractivity contribution in [2.24, 2.45) is 11.8 Å². The maximum atomic E-state index is 12.6. The predicted octanol–water partition coefficient (Wildman–Crippen LogP) is 3.88. The predicted molar refractivity (Wildman–Crippen MR) is 115 cm³/mol. The molecule has 2 aliphatic carbocycles. The standard InChI is InChI=1S/C23H28N2O3S/c1-16-5-3-4-6-20(16)15-25(29(2,27)28)21-11-9-18(10-12-21)23(26)24-22-14-17-7-8-19(22)13-17/h3-6,9-12,17,19,22H,7-8,13-15H2,1-2H3,(H,24,26)/t17-,19-,22-/m1/s1. The van der Waals surface area contributed by atoms with Crippen LogP contribution in [-0.4, -0.2) is 26.6 Å². The van der Waals surface area contributed by atoms with Crippen LogP contribution < -0.4 is 9.62 Å². The number of benzene rings is 2. The summed E-state index contributed by atoms with van der Waals surface area (Å²) in [6, 6.07) is 14.9. The summed E-state index contributed by atoms with van der Waals surface area (Å²) in [5.74, 6) is 1.33. The maximum Gasteiger partial charge on any atom is 0.251 e. The van der Waals surface area contributed by atoms with Crippen molar-refractivity contribution in [1.82, 2.24) is 5.32 Å². The Hall–Kier alpha value is -2.34. The highest BCUT2D eigenvalue weighted by Crippen LogP contribution is 2.44. The monoisotopic (exact) mass is 412 g/mol. The number of carbonyl (C=O) groups excluding carboxylic acids is 1. The molecular weight excluding hydrogens is 384 g/mol. The molecule has 2 aromatic carbocycles. The molecule has 0 spiro atoms. The number of nitrogens with zero attached hydrogens (tertiary/aromatic N) is 1. The van der Waals surface area contributed by atoms with Crippen LogP contribution >= 0.6 is 0 Å². The SMILES string of the molecule is Cc1ccccc1CN(c1ccc(C(=O)N[C@@H]2C[C@@H]3CC[C@@H]2C3)cc1)S(C)(=O)=O. The second-order valence-corrected chi connectivity index (χ2v) is 10.4. The Bertz CT molecular complexity index is 1000. The van der Waals surface area contributed by atoms with Crippen molar-refractivity contribution in [3.05, 3.63) is 65.2 Å². The molecule has 0 saturated heterocycles. The van der Waals surface area contributed by atoms with E-state index in [0.29, 0.717) is 17.2 Å². The van der Waals surface area contributed by atoms with E-state index in [-0.39, 0.29) is 18.5 Å². The molecule has 1 N–H and O–H groups in total. The zero-order valence-corrected chi connectivity index (χ0v) is 17.8. The number of hydrogen-bond donors (Lipinski definition) is 1. The van der Waals surface area contributed by atoms with Gasteiger partial charge in [0.25, 0.3) is 5.91 Å². The van der Waals surface area contributed by atoms with Crippen LogP contribution in [0.25, 0.3) is 0 Å². The number of nitrogens with one attached hydrogen (secondary N) is 1. The van der Waals surface area contributed by atoms with Gasteiger partial charge < -0.3 is 5.32 Å². The van der Waals surface area contributed by atoms with Crippen LogP contribution in [0.15, 0.2) is 48.5 Å². The van der Waals surface area contributed by atoms with Gasteiger partial charge in [-0.05, 0) is 73.4 Å². The lowest BCUT2D eigenvalue weighted by Gasteiger charge is -2.24. The van der Waals surface area contributed by atoms with Crippen molar-refractivity contribution >= 4 is 21.6 Å². The fourth-order valence-corrected chi connectivity index (χ4v) is 5.67. The molecule has 2 fully saturated rings. The Morgan fingerprint density at radius 3 is 2.38 bits per heavy atom. The Balaban J connectivity index is 1.50. The zero-order valence-electron chi connectivity index (χ0n) is 17.0. The number of amides is 1. The molecule has 0 aromatic heterocycles. The van der Waals surface area contributed by atoms with Crippen LogP contribution in [0.2, 0.25) is 0 Å². The summed E-state index contributed by atoms with van der Waals surface area (Å²) >= 11 is 0. The van der Waals surface area contributed by atoms with E-state index in [1.807, 2.05) is 31.2 Å². The lowest BCUT2D eigenvalue weighted by Crippen LogP contribution is -2.38. The van der Waals surface area contributed by atoms with Crippen LogP contribution in [0.4, 0.5) is 5.69 Å². The first-order valence-corrected chi connectivity index (χ1v) is 12.1. The van der Waals surface area contributed by atoms with Gasteiger partial charge >= 0.3 is 0 Å². The molecule has 4 rings (SSSR count). The minimum absolute atomic E-state index is 0.0705. The molecular formula is C23H28N2O3S. The number of carbonyl (C=O) groups is 1. The molecule has 0 unspecified atom stereocenters. The molecule has 0 aliphatic heterocycles. The fraction of sp³-hybridized carbons (Fsp3) is 0.435. The smallest absolute Gasteiger partial charge is 0.251 e. The van der Waals surface area contributed by atoms with Crippen molar-refractivity contribution in [3.8, 4) is 0 Å². The molecule has 2 bridgehead atoms. The summed E-state index contributed by atoms with van der Waals surface area (Å²) in [6.45, 7) is 2.24. The van der Waals surface area contributed by atoms with Gasteiger partial charge in [0, 0.05) is 11.6 Å². The van der Waals surface area contributed by atoms with Crippen LogP contribution in [-0.2, 0) is 16.6 Å². The Labute approximate surface area is 173 Å². The first-order chi connectivity index (χ1) is 13.8. The molecule has 0 heterocycles. The molecule has 5 nitrogen and oxygen atoms in total. The molecule has 2 aromatic rings. The van der Waals surface area contributed by atoms with Crippen molar-refractivity contribution in [3.63, 3.8) is 0 Å². The molecule has 6 heteroatoms. The molecule has 29 heavy (non-hydrogen) atoms. The van der Waals surface area contributed by atoms with Gasteiger partial charge in [-0.2, -0.15) is 0 Å². The summed E-state index contributed by atoms with van der Waals surface area (Å²) < 4.78 is 26.2. The number of fused-ring (bicyclic) bond motifs is 2. The van der Waals surface area contributed by atoms with Crippen LogP contribution in [0.3, 0.4) is 0 Å². The third kappa shape index (κ3) is 4.32. The highest BCUT2D eigenvalue weighted by molar-refractivity contribution is 7.92. The van der Waals surface area contributed by atoms with E-state index in [1.54, 1.807) is 24.3 Å². The summed E-state index contributed by atoms with van der Waals surface area (Å²) in [5.41, 5.74) is 3.13. The molecule has 2 aliphatic rings. The van der Waals surface area contributed by atoms with Crippen molar-refractivity contribution in [1.29, 1.82) is 0 Å². The molecule has 2 saturated carbocycles. The van der Waals surface area contributed by atoms with Crippen molar-refractivity contribution < 1.29 is 13.2 Å². The van der Waals surface area contributed by atoms with E-state index >= 15 is 0 Å². The third-order valence-corrected chi connectivity index (χ3v) is 7.59. The molecule has 3 atom stereocenters. The zero-order chi connectivity index (χ0) is 20.6. The summed E-state index contributed by atoms with van der Waals surface area (Å²) in [4.78, 5) is 12.6. The average Bonchev–Trinajstić information content (AvgIpc) is 3.30. The first kappa shape index (κ1) is 20.0. The fourth-order valence-electron chi connectivity index (χ4n) is 4.79. The maximum absolute atomic E-state index is 12.6. The van der Waals surface area contributed by atoms with E-state index in [0.717, 1.165) is 23.5 Å². The van der Waals surface area contributed by atoms with Gasteiger partial charge in [0.15, 0.2) is 0 Å². The Morgan fingerprint density at radius 1 is 1.07 bits per heavy atom. The van der Waals surface area contributed by atoms with Gasteiger partial charge in [-0.15, -0.1) is 0 Å². The van der Waals surface area contributed by atoms with Crippen LogP contribution in [0.1, 0.15) is 47.2 Å².